The van der Waals surface area contributed by atoms with Gasteiger partial charge in [0.25, 0.3) is 0 Å². The summed E-state index contributed by atoms with van der Waals surface area (Å²) in [6, 6.07) is 10.3. The summed E-state index contributed by atoms with van der Waals surface area (Å²) in [4.78, 5) is 16.6. The first kappa shape index (κ1) is 16.4. The van der Waals surface area contributed by atoms with Crippen LogP contribution in [0.15, 0.2) is 30.3 Å². The summed E-state index contributed by atoms with van der Waals surface area (Å²) in [5, 5.41) is 0. The number of carbonyl (C=O) groups is 1. The molecular formula is C16H23N3O3S. The van der Waals surface area contributed by atoms with Crippen molar-refractivity contribution in [3.8, 4) is 0 Å². The maximum atomic E-state index is 12.4. The van der Waals surface area contributed by atoms with Crippen LogP contribution < -0.4 is 0 Å². The fourth-order valence-electron chi connectivity index (χ4n) is 3.09. The number of carbonyl (C=O) groups excluding carboxylic acids is 1. The molecule has 2 saturated heterocycles. The molecule has 0 aromatic heterocycles. The highest BCUT2D eigenvalue weighted by Gasteiger charge is 2.40. The second kappa shape index (κ2) is 6.59. The maximum Gasteiger partial charge on any atom is 0.228 e. The molecule has 6 nitrogen and oxygen atoms in total. The minimum Gasteiger partial charge on any atom is -0.340 e. The van der Waals surface area contributed by atoms with Gasteiger partial charge in [-0.15, -0.1) is 0 Å². The zero-order chi connectivity index (χ0) is 16.4. The van der Waals surface area contributed by atoms with Crippen molar-refractivity contribution in [3.05, 3.63) is 35.9 Å². The first-order valence-electron chi connectivity index (χ1n) is 7.93. The lowest BCUT2D eigenvalue weighted by molar-refractivity contribution is -0.140. The van der Waals surface area contributed by atoms with E-state index in [4.69, 9.17) is 0 Å². The fraction of sp³-hybridized carbons (Fsp3) is 0.562. The smallest absolute Gasteiger partial charge is 0.228 e. The SMILES string of the molecule is CS(=O)(=O)N1CC(C(=O)N2CCN(Cc3ccccc3)CC2)C1. The Hall–Kier alpha value is -1.44. The summed E-state index contributed by atoms with van der Waals surface area (Å²) in [6.45, 7) is 4.76. The van der Waals surface area contributed by atoms with Gasteiger partial charge in [-0.3, -0.25) is 9.69 Å². The van der Waals surface area contributed by atoms with Crippen LogP contribution in [-0.2, 0) is 21.4 Å². The van der Waals surface area contributed by atoms with Crippen LogP contribution in [0.5, 0.6) is 0 Å². The van der Waals surface area contributed by atoms with E-state index < -0.39 is 10.0 Å². The third kappa shape index (κ3) is 3.91. The predicted octanol–water partition coefficient (Wildman–Crippen LogP) is 0.222. The highest BCUT2D eigenvalue weighted by molar-refractivity contribution is 7.88. The van der Waals surface area contributed by atoms with E-state index in [0.717, 1.165) is 32.7 Å². The number of amides is 1. The number of nitrogens with zero attached hydrogens (tertiary/aromatic N) is 3. The molecule has 23 heavy (non-hydrogen) atoms. The van der Waals surface area contributed by atoms with Gasteiger partial charge in [0.05, 0.1) is 12.2 Å². The van der Waals surface area contributed by atoms with Gasteiger partial charge in [0.15, 0.2) is 0 Å². The average molecular weight is 337 g/mol. The monoisotopic (exact) mass is 337 g/mol. The van der Waals surface area contributed by atoms with Crippen LogP contribution in [0.4, 0.5) is 0 Å². The number of hydrogen-bond donors (Lipinski definition) is 0. The molecule has 0 bridgehead atoms. The first-order chi connectivity index (χ1) is 10.9. The molecule has 0 saturated carbocycles. The molecule has 0 radical (unpaired) electrons. The van der Waals surface area contributed by atoms with Crippen LogP contribution in [0.1, 0.15) is 5.56 Å². The summed E-state index contributed by atoms with van der Waals surface area (Å²) < 4.78 is 24.1. The molecule has 2 fully saturated rings. The van der Waals surface area contributed by atoms with E-state index in [-0.39, 0.29) is 11.8 Å². The minimum absolute atomic E-state index is 0.101. The van der Waals surface area contributed by atoms with Crippen molar-refractivity contribution in [3.63, 3.8) is 0 Å². The summed E-state index contributed by atoms with van der Waals surface area (Å²) in [7, 11) is -3.15. The van der Waals surface area contributed by atoms with E-state index in [9.17, 15) is 13.2 Å². The van der Waals surface area contributed by atoms with Gasteiger partial charge in [0.1, 0.15) is 0 Å². The van der Waals surface area contributed by atoms with Crippen LogP contribution in [0.3, 0.4) is 0 Å². The van der Waals surface area contributed by atoms with E-state index in [1.54, 1.807) is 0 Å². The Balaban J connectivity index is 1.45. The van der Waals surface area contributed by atoms with Gasteiger partial charge in [-0.05, 0) is 5.56 Å². The molecule has 2 aliphatic rings. The van der Waals surface area contributed by atoms with Gasteiger partial charge in [0, 0.05) is 45.8 Å². The highest BCUT2D eigenvalue weighted by Crippen LogP contribution is 2.21. The van der Waals surface area contributed by atoms with Crippen LogP contribution in [-0.4, -0.2) is 74.0 Å². The summed E-state index contributed by atoms with van der Waals surface area (Å²) in [5.74, 6) is -0.0605. The molecule has 3 rings (SSSR count). The maximum absolute atomic E-state index is 12.4. The van der Waals surface area contributed by atoms with Crippen molar-refractivity contribution in [2.75, 3.05) is 45.5 Å². The van der Waals surface area contributed by atoms with Gasteiger partial charge in [0.2, 0.25) is 15.9 Å². The van der Waals surface area contributed by atoms with Crippen LogP contribution >= 0.6 is 0 Å². The molecule has 126 valence electrons. The molecule has 2 aliphatic heterocycles. The summed E-state index contributed by atoms with van der Waals surface area (Å²) in [5.41, 5.74) is 1.29. The molecule has 0 N–H and O–H groups in total. The fourth-order valence-corrected chi connectivity index (χ4v) is 3.99. The minimum atomic E-state index is -3.15. The van der Waals surface area contributed by atoms with Crippen molar-refractivity contribution in [1.29, 1.82) is 0 Å². The highest BCUT2D eigenvalue weighted by atomic mass is 32.2. The lowest BCUT2D eigenvalue weighted by Crippen LogP contribution is -2.58. The van der Waals surface area contributed by atoms with Crippen LogP contribution in [0.25, 0.3) is 0 Å². The number of rotatable bonds is 4. The molecule has 0 unspecified atom stereocenters. The predicted molar refractivity (Wildman–Crippen MR) is 88.2 cm³/mol. The molecule has 0 aliphatic carbocycles. The topological polar surface area (TPSA) is 60.9 Å². The molecule has 2 heterocycles. The Kier molecular flexibility index (Phi) is 4.70. The summed E-state index contributed by atoms with van der Waals surface area (Å²) in [6.07, 6.45) is 1.19. The van der Waals surface area contributed by atoms with Gasteiger partial charge < -0.3 is 4.90 Å². The number of hydrogen-bond acceptors (Lipinski definition) is 4. The number of sulfonamides is 1. The Bertz CT molecular complexity index is 648. The zero-order valence-corrected chi connectivity index (χ0v) is 14.2. The van der Waals surface area contributed by atoms with Gasteiger partial charge in [-0.25, -0.2) is 12.7 Å². The second-order valence-electron chi connectivity index (χ2n) is 6.36. The van der Waals surface area contributed by atoms with E-state index in [2.05, 4.69) is 17.0 Å². The molecule has 1 aromatic rings. The molecule has 0 spiro atoms. The molecule has 1 aromatic carbocycles. The first-order valence-corrected chi connectivity index (χ1v) is 9.78. The normalized spacial score (nSPS) is 21.2. The van der Waals surface area contributed by atoms with Crippen molar-refractivity contribution in [2.24, 2.45) is 5.92 Å². The van der Waals surface area contributed by atoms with Gasteiger partial charge >= 0.3 is 0 Å². The molecular weight excluding hydrogens is 314 g/mol. The van der Waals surface area contributed by atoms with Crippen molar-refractivity contribution < 1.29 is 13.2 Å². The standard InChI is InChI=1S/C16H23N3O3S/c1-23(21,22)19-12-15(13-19)16(20)18-9-7-17(8-10-18)11-14-5-3-2-4-6-14/h2-6,15H,7-13H2,1H3. The number of benzene rings is 1. The van der Waals surface area contributed by atoms with E-state index in [1.165, 1.54) is 16.1 Å². The number of piperazine rings is 1. The quantitative estimate of drug-likeness (QED) is 0.789. The zero-order valence-electron chi connectivity index (χ0n) is 13.4. The third-order valence-electron chi connectivity index (χ3n) is 4.60. The Morgan fingerprint density at radius 3 is 2.26 bits per heavy atom. The lowest BCUT2D eigenvalue weighted by Gasteiger charge is -2.41. The molecule has 1 amide bonds. The van der Waals surface area contributed by atoms with Gasteiger partial charge in [-0.1, -0.05) is 30.3 Å². The Morgan fingerprint density at radius 2 is 1.70 bits per heavy atom. The third-order valence-corrected chi connectivity index (χ3v) is 5.84. The van der Waals surface area contributed by atoms with Crippen molar-refractivity contribution in [2.45, 2.75) is 6.54 Å². The van der Waals surface area contributed by atoms with Crippen molar-refractivity contribution in [1.82, 2.24) is 14.1 Å². The molecule has 7 heteroatoms. The Morgan fingerprint density at radius 1 is 1.09 bits per heavy atom. The van der Waals surface area contributed by atoms with Crippen LogP contribution in [0, 0.1) is 5.92 Å². The van der Waals surface area contributed by atoms with E-state index in [0.29, 0.717) is 13.1 Å². The van der Waals surface area contributed by atoms with Gasteiger partial charge in [-0.2, -0.15) is 0 Å². The van der Waals surface area contributed by atoms with E-state index in [1.807, 2.05) is 23.1 Å². The average Bonchev–Trinajstić information content (AvgIpc) is 2.46. The summed E-state index contributed by atoms with van der Waals surface area (Å²) >= 11 is 0. The second-order valence-corrected chi connectivity index (χ2v) is 8.35. The van der Waals surface area contributed by atoms with Crippen molar-refractivity contribution >= 4 is 15.9 Å². The van der Waals surface area contributed by atoms with Crippen LogP contribution in [0.2, 0.25) is 0 Å². The largest absolute Gasteiger partial charge is 0.340 e. The lowest BCUT2D eigenvalue weighted by atomic mass is 10.0. The Labute approximate surface area is 137 Å². The van der Waals surface area contributed by atoms with E-state index >= 15 is 0 Å². The molecule has 0 atom stereocenters.